The van der Waals surface area contributed by atoms with Gasteiger partial charge in [0.15, 0.2) is 0 Å². The molecule has 3 heteroatoms. The van der Waals surface area contributed by atoms with Crippen LogP contribution in [0.5, 0.6) is 0 Å². The lowest BCUT2D eigenvalue weighted by molar-refractivity contribution is 1.18. The molecule has 0 bridgehead atoms. The molecule has 0 atom stereocenters. The summed E-state index contributed by atoms with van der Waals surface area (Å²) < 4.78 is 4.71. The highest BCUT2D eigenvalue weighted by Gasteiger charge is 2.18. The van der Waals surface area contributed by atoms with Gasteiger partial charge in [0.05, 0.1) is 39.4 Å². The van der Waals surface area contributed by atoms with E-state index in [2.05, 4.69) is 149 Å². The Bertz CT molecular complexity index is 2630. The van der Waals surface area contributed by atoms with Crippen molar-refractivity contribution in [1.82, 2.24) is 9.13 Å². The lowest BCUT2D eigenvalue weighted by Crippen LogP contribution is -1.98. The van der Waals surface area contributed by atoms with E-state index >= 15 is 0 Å². The molecule has 0 aliphatic rings. The number of para-hydroxylation sites is 3. The zero-order valence-electron chi connectivity index (χ0n) is 24.9. The fourth-order valence-electron chi connectivity index (χ4n) is 7.07. The third-order valence-corrected chi connectivity index (χ3v) is 9.15. The van der Waals surface area contributed by atoms with E-state index < -0.39 is 0 Å². The lowest BCUT2D eigenvalue weighted by atomic mass is 10.0. The van der Waals surface area contributed by atoms with Crippen molar-refractivity contribution < 1.29 is 0 Å². The molecule has 9 aromatic rings. The molecule has 0 fully saturated rings. The van der Waals surface area contributed by atoms with E-state index in [1.165, 1.54) is 43.7 Å². The normalized spacial score (nSPS) is 11.5. The third-order valence-electron chi connectivity index (χ3n) is 9.15. The lowest BCUT2D eigenvalue weighted by Gasteiger charge is -2.15. The number of fused-ring (bicyclic) bond motifs is 6. The predicted octanol–water partition coefficient (Wildman–Crippen LogP) is 11.1. The largest absolute Gasteiger partial charge is 0.309 e. The molecule has 0 saturated heterocycles. The summed E-state index contributed by atoms with van der Waals surface area (Å²) in [6.45, 7) is 0. The topological polar surface area (TPSA) is 33.6 Å². The Hall–Kier alpha value is -6.37. The first-order valence-corrected chi connectivity index (χ1v) is 15.5. The molecule has 214 valence electrons. The molecule has 7 aromatic carbocycles. The van der Waals surface area contributed by atoms with E-state index in [9.17, 15) is 5.26 Å². The maximum Gasteiger partial charge on any atom is 0.0991 e. The quantitative estimate of drug-likeness (QED) is 0.202. The van der Waals surface area contributed by atoms with Gasteiger partial charge in [0, 0.05) is 32.8 Å². The van der Waals surface area contributed by atoms with E-state index in [0.717, 1.165) is 33.5 Å². The number of nitriles is 1. The van der Waals surface area contributed by atoms with Crippen molar-refractivity contribution in [3.8, 4) is 39.7 Å². The standard InChI is InChI=1S/C43H27N3/c44-28-29-19-23-41(37(25-29)30-11-3-1-4-12-30)46-40-18-10-8-16-35(40)38-26-31(21-24-42(38)46)32-20-22-36-34-15-7-9-17-39(34)45(43(36)27-32)33-13-5-2-6-14-33/h1-27H. The van der Waals surface area contributed by atoms with Gasteiger partial charge in [-0.1, -0.05) is 103 Å². The van der Waals surface area contributed by atoms with Crippen LogP contribution in [0.2, 0.25) is 0 Å². The van der Waals surface area contributed by atoms with E-state index in [-0.39, 0.29) is 0 Å². The molecule has 0 spiro atoms. The van der Waals surface area contributed by atoms with Crippen molar-refractivity contribution in [1.29, 1.82) is 5.26 Å². The smallest absolute Gasteiger partial charge is 0.0991 e. The summed E-state index contributed by atoms with van der Waals surface area (Å²) in [6, 6.07) is 60.2. The Morgan fingerprint density at radius 1 is 0.391 bits per heavy atom. The monoisotopic (exact) mass is 585 g/mol. The molecule has 0 N–H and O–H groups in total. The van der Waals surface area contributed by atoms with Crippen molar-refractivity contribution in [3.05, 3.63) is 169 Å². The van der Waals surface area contributed by atoms with Crippen LogP contribution in [0.4, 0.5) is 0 Å². The Labute approximate surface area is 266 Å². The fourth-order valence-corrected chi connectivity index (χ4v) is 7.07. The first-order chi connectivity index (χ1) is 22.8. The first-order valence-electron chi connectivity index (χ1n) is 15.5. The Morgan fingerprint density at radius 3 is 1.74 bits per heavy atom. The van der Waals surface area contributed by atoms with Crippen LogP contribution >= 0.6 is 0 Å². The molecule has 0 aliphatic carbocycles. The molecule has 3 nitrogen and oxygen atoms in total. The second kappa shape index (κ2) is 10.4. The highest BCUT2D eigenvalue weighted by Crippen LogP contribution is 2.40. The molecule has 0 aliphatic heterocycles. The number of benzene rings is 7. The van der Waals surface area contributed by atoms with Crippen molar-refractivity contribution in [2.75, 3.05) is 0 Å². The molecule has 0 unspecified atom stereocenters. The van der Waals surface area contributed by atoms with Crippen LogP contribution in [-0.2, 0) is 0 Å². The molecule has 0 radical (unpaired) electrons. The van der Waals surface area contributed by atoms with Gasteiger partial charge in [0.25, 0.3) is 0 Å². The SMILES string of the molecule is N#Cc1ccc(-n2c3ccccc3c3cc(-c4ccc5c6ccccc6n(-c6ccccc6)c5c4)ccc32)c(-c2ccccc2)c1. The Morgan fingerprint density at radius 2 is 0.978 bits per heavy atom. The van der Waals surface area contributed by atoms with Gasteiger partial charge in [-0.2, -0.15) is 5.26 Å². The minimum Gasteiger partial charge on any atom is -0.309 e. The van der Waals surface area contributed by atoms with E-state index in [0.29, 0.717) is 5.56 Å². The summed E-state index contributed by atoms with van der Waals surface area (Å²) in [5.74, 6) is 0. The van der Waals surface area contributed by atoms with E-state index in [1.807, 2.05) is 30.3 Å². The fraction of sp³-hybridized carbons (Fsp3) is 0. The van der Waals surface area contributed by atoms with Gasteiger partial charge in [0.2, 0.25) is 0 Å². The number of rotatable bonds is 4. The minimum absolute atomic E-state index is 0.647. The summed E-state index contributed by atoms with van der Waals surface area (Å²) in [5.41, 5.74) is 12.0. The zero-order chi connectivity index (χ0) is 30.6. The van der Waals surface area contributed by atoms with Gasteiger partial charge in [-0.05, 0) is 77.4 Å². The van der Waals surface area contributed by atoms with Gasteiger partial charge >= 0.3 is 0 Å². The average molecular weight is 586 g/mol. The van der Waals surface area contributed by atoms with Crippen LogP contribution in [0.3, 0.4) is 0 Å². The maximum atomic E-state index is 9.74. The third kappa shape index (κ3) is 3.98. The Balaban J connectivity index is 1.28. The van der Waals surface area contributed by atoms with Gasteiger partial charge in [-0.3, -0.25) is 0 Å². The summed E-state index contributed by atoms with van der Waals surface area (Å²) in [4.78, 5) is 0. The van der Waals surface area contributed by atoms with Crippen LogP contribution in [0.1, 0.15) is 5.56 Å². The first kappa shape index (κ1) is 26.1. The van der Waals surface area contributed by atoms with Gasteiger partial charge in [-0.15, -0.1) is 0 Å². The van der Waals surface area contributed by atoms with Crippen molar-refractivity contribution >= 4 is 43.6 Å². The molecule has 9 rings (SSSR count). The van der Waals surface area contributed by atoms with Gasteiger partial charge in [-0.25, -0.2) is 0 Å². The average Bonchev–Trinajstić information content (AvgIpc) is 3.64. The number of nitrogens with zero attached hydrogens (tertiary/aromatic N) is 3. The Kier molecular flexibility index (Phi) is 5.88. The van der Waals surface area contributed by atoms with Crippen molar-refractivity contribution in [2.24, 2.45) is 0 Å². The number of aromatic nitrogens is 2. The zero-order valence-corrected chi connectivity index (χ0v) is 24.9. The molecule has 2 heterocycles. The van der Waals surface area contributed by atoms with Crippen LogP contribution in [0.25, 0.3) is 77.2 Å². The molecule has 46 heavy (non-hydrogen) atoms. The van der Waals surface area contributed by atoms with Crippen LogP contribution in [0.15, 0.2) is 164 Å². The summed E-state index contributed by atoms with van der Waals surface area (Å²) >= 11 is 0. The number of hydrogen-bond donors (Lipinski definition) is 0. The molecular weight excluding hydrogens is 558 g/mol. The van der Waals surface area contributed by atoms with Crippen molar-refractivity contribution in [3.63, 3.8) is 0 Å². The van der Waals surface area contributed by atoms with E-state index in [1.54, 1.807) is 0 Å². The second-order valence-electron chi connectivity index (χ2n) is 11.7. The summed E-state index contributed by atoms with van der Waals surface area (Å²) in [7, 11) is 0. The van der Waals surface area contributed by atoms with E-state index in [4.69, 9.17) is 0 Å². The van der Waals surface area contributed by atoms with Crippen LogP contribution < -0.4 is 0 Å². The molecule has 0 amide bonds. The van der Waals surface area contributed by atoms with Crippen molar-refractivity contribution in [2.45, 2.75) is 0 Å². The van der Waals surface area contributed by atoms with Crippen LogP contribution in [-0.4, -0.2) is 9.13 Å². The highest BCUT2D eigenvalue weighted by atomic mass is 15.0. The second-order valence-corrected chi connectivity index (χ2v) is 11.7. The summed E-state index contributed by atoms with van der Waals surface area (Å²) in [5, 5.41) is 14.6. The van der Waals surface area contributed by atoms with Crippen LogP contribution in [0, 0.1) is 11.3 Å². The summed E-state index contributed by atoms with van der Waals surface area (Å²) in [6.07, 6.45) is 0. The van der Waals surface area contributed by atoms with Gasteiger partial charge in [0.1, 0.15) is 0 Å². The van der Waals surface area contributed by atoms with Gasteiger partial charge < -0.3 is 9.13 Å². The number of hydrogen-bond acceptors (Lipinski definition) is 1. The minimum atomic E-state index is 0.647. The molecule has 0 saturated carbocycles. The molecule has 2 aromatic heterocycles. The predicted molar refractivity (Wildman–Crippen MR) is 191 cm³/mol. The maximum absolute atomic E-state index is 9.74. The highest BCUT2D eigenvalue weighted by molar-refractivity contribution is 6.12. The molecular formula is C43H27N3.